The molecule has 8 nitrogen and oxygen atoms in total. The van der Waals surface area contributed by atoms with Crippen LogP contribution < -0.4 is 0 Å². The fourth-order valence-electron chi connectivity index (χ4n) is 3.86. The third-order valence-electron chi connectivity index (χ3n) is 5.38. The third kappa shape index (κ3) is 8.78. The molecule has 3 rings (SSSR count). The van der Waals surface area contributed by atoms with Gasteiger partial charge in [-0.25, -0.2) is 9.59 Å². The molecule has 2 heterocycles. The lowest BCUT2D eigenvalue weighted by molar-refractivity contribution is -0.136. The number of likely N-dealkylation sites (tertiary alicyclic amines) is 2. The van der Waals surface area contributed by atoms with Gasteiger partial charge in [-0.3, -0.25) is 4.79 Å². The van der Waals surface area contributed by atoms with Crippen LogP contribution in [0.1, 0.15) is 31.2 Å². The molecule has 176 valence electrons. The van der Waals surface area contributed by atoms with Crippen molar-refractivity contribution < 1.29 is 29.7 Å². The first-order chi connectivity index (χ1) is 15.2. The largest absolute Gasteiger partial charge is 0.478 e. The van der Waals surface area contributed by atoms with E-state index in [4.69, 9.17) is 33.4 Å². The molecule has 0 radical (unpaired) electrons. The predicted molar refractivity (Wildman–Crippen MR) is 121 cm³/mol. The molecule has 2 aliphatic rings. The normalized spacial score (nSPS) is 21.3. The zero-order valence-corrected chi connectivity index (χ0v) is 19.1. The van der Waals surface area contributed by atoms with E-state index in [-0.39, 0.29) is 18.1 Å². The van der Waals surface area contributed by atoms with Crippen molar-refractivity contribution in [1.82, 2.24) is 9.80 Å². The number of amides is 1. The maximum absolute atomic E-state index is 12.8. The SMILES string of the molecule is O=C(Cc1ccc(Cl)c(Cl)c1)N1CC[C@@H](O)C[C@@H]1CN1CCCC1.O=C(O)/C=C\C(=O)O. The van der Waals surface area contributed by atoms with Crippen molar-refractivity contribution in [2.75, 3.05) is 26.2 Å². The predicted octanol–water partition coefficient (Wildman–Crippen LogP) is 2.70. The van der Waals surface area contributed by atoms with Gasteiger partial charge in [0.1, 0.15) is 0 Å². The molecule has 2 aliphatic heterocycles. The smallest absolute Gasteiger partial charge is 0.328 e. The molecule has 1 aromatic rings. The Bertz CT molecular complexity index is 826. The minimum Gasteiger partial charge on any atom is -0.478 e. The highest BCUT2D eigenvalue weighted by Gasteiger charge is 2.32. The molecule has 0 spiro atoms. The van der Waals surface area contributed by atoms with Crippen LogP contribution in [0.3, 0.4) is 0 Å². The molecule has 0 bridgehead atoms. The van der Waals surface area contributed by atoms with E-state index in [1.807, 2.05) is 11.0 Å². The van der Waals surface area contributed by atoms with Crippen LogP contribution in [0.2, 0.25) is 10.0 Å². The summed E-state index contributed by atoms with van der Waals surface area (Å²) in [6.07, 6.45) is 4.92. The molecule has 0 aromatic heterocycles. The standard InChI is InChI=1S/C18H24Cl2N2O2.C4H4O4/c19-16-4-3-13(9-17(16)20)10-18(24)22-8-5-15(23)11-14(22)12-21-6-1-2-7-21;5-3(6)1-2-4(7)8/h3-4,9,14-15,23H,1-2,5-8,10-12H2;1-2H,(H,5,6)(H,7,8)/b;2-1-/t14-,15-;/m1./s1. The Morgan fingerprint density at radius 3 is 2.19 bits per heavy atom. The molecule has 32 heavy (non-hydrogen) atoms. The molecule has 3 N–H and O–H groups in total. The third-order valence-corrected chi connectivity index (χ3v) is 6.12. The molecule has 10 heteroatoms. The number of carbonyl (C=O) groups is 3. The average molecular weight is 487 g/mol. The van der Waals surface area contributed by atoms with E-state index in [2.05, 4.69) is 4.90 Å². The van der Waals surface area contributed by atoms with Crippen molar-refractivity contribution in [3.63, 3.8) is 0 Å². The number of carboxylic acids is 2. The number of carboxylic acid groups (broad SMARTS) is 2. The van der Waals surface area contributed by atoms with Crippen LogP contribution in [0.5, 0.6) is 0 Å². The Balaban J connectivity index is 0.000000390. The van der Waals surface area contributed by atoms with Crippen molar-refractivity contribution >= 4 is 41.0 Å². The van der Waals surface area contributed by atoms with Crippen LogP contribution in [0.25, 0.3) is 0 Å². The first-order valence-electron chi connectivity index (χ1n) is 10.4. The van der Waals surface area contributed by atoms with E-state index in [0.29, 0.717) is 48.0 Å². The monoisotopic (exact) mass is 486 g/mol. The van der Waals surface area contributed by atoms with Gasteiger partial charge in [0.25, 0.3) is 0 Å². The van der Waals surface area contributed by atoms with Gasteiger partial charge in [0, 0.05) is 31.3 Å². The minimum absolute atomic E-state index is 0.0992. The zero-order chi connectivity index (χ0) is 23.7. The first-order valence-corrected chi connectivity index (χ1v) is 11.2. The van der Waals surface area contributed by atoms with Gasteiger partial charge in [-0.15, -0.1) is 0 Å². The van der Waals surface area contributed by atoms with Crippen LogP contribution in [0.15, 0.2) is 30.4 Å². The summed E-state index contributed by atoms with van der Waals surface area (Å²) in [6, 6.07) is 5.44. The minimum atomic E-state index is -1.26. The summed E-state index contributed by atoms with van der Waals surface area (Å²) in [4.78, 5) is 36.3. The molecular formula is C22H28Cl2N2O6. The maximum Gasteiger partial charge on any atom is 0.328 e. The van der Waals surface area contributed by atoms with Crippen molar-refractivity contribution in [3.8, 4) is 0 Å². The number of aliphatic hydroxyl groups excluding tert-OH is 1. The van der Waals surface area contributed by atoms with Crippen LogP contribution in [0.4, 0.5) is 0 Å². The molecule has 0 unspecified atom stereocenters. The summed E-state index contributed by atoms with van der Waals surface area (Å²) in [5.74, 6) is -2.41. The number of hydrogen-bond donors (Lipinski definition) is 3. The highest BCUT2D eigenvalue weighted by molar-refractivity contribution is 6.42. The molecular weight excluding hydrogens is 459 g/mol. The van der Waals surface area contributed by atoms with Gasteiger partial charge in [0.05, 0.1) is 22.6 Å². The van der Waals surface area contributed by atoms with Crippen molar-refractivity contribution in [2.45, 2.75) is 44.2 Å². The topological polar surface area (TPSA) is 118 Å². The molecule has 2 saturated heterocycles. The summed E-state index contributed by atoms with van der Waals surface area (Å²) >= 11 is 12.0. The highest BCUT2D eigenvalue weighted by Crippen LogP contribution is 2.25. The maximum atomic E-state index is 12.8. The van der Waals surface area contributed by atoms with Gasteiger partial charge in [-0.1, -0.05) is 29.3 Å². The number of piperidine rings is 1. The molecule has 2 fully saturated rings. The van der Waals surface area contributed by atoms with E-state index in [1.165, 1.54) is 12.8 Å². The highest BCUT2D eigenvalue weighted by atomic mass is 35.5. The molecule has 1 aromatic carbocycles. The number of aliphatic carboxylic acids is 2. The van der Waals surface area contributed by atoms with E-state index in [9.17, 15) is 19.5 Å². The van der Waals surface area contributed by atoms with Crippen LogP contribution in [0, 0.1) is 0 Å². The van der Waals surface area contributed by atoms with E-state index < -0.39 is 11.9 Å². The van der Waals surface area contributed by atoms with Gasteiger partial charge >= 0.3 is 11.9 Å². The summed E-state index contributed by atoms with van der Waals surface area (Å²) in [5.41, 5.74) is 0.875. The van der Waals surface area contributed by atoms with Gasteiger partial charge in [-0.2, -0.15) is 0 Å². The van der Waals surface area contributed by atoms with Crippen molar-refractivity contribution in [2.24, 2.45) is 0 Å². The Hall–Kier alpha value is -2.13. The molecule has 2 atom stereocenters. The molecule has 1 amide bonds. The second-order valence-corrected chi connectivity index (χ2v) is 8.68. The van der Waals surface area contributed by atoms with E-state index in [0.717, 1.165) is 25.2 Å². The summed E-state index contributed by atoms with van der Waals surface area (Å²) in [5, 5.41) is 26.6. The Labute approximate surface area is 197 Å². The second kappa shape index (κ2) is 12.8. The van der Waals surface area contributed by atoms with Crippen LogP contribution >= 0.6 is 23.2 Å². The van der Waals surface area contributed by atoms with Gasteiger partial charge in [0.15, 0.2) is 0 Å². The first kappa shape index (κ1) is 26.1. The zero-order valence-electron chi connectivity index (χ0n) is 17.6. The molecule has 0 aliphatic carbocycles. The molecule has 0 saturated carbocycles. The lowest BCUT2D eigenvalue weighted by atomic mass is 9.97. The average Bonchev–Trinajstić information content (AvgIpc) is 3.23. The number of benzene rings is 1. The van der Waals surface area contributed by atoms with Crippen LogP contribution in [-0.2, 0) is 20.8 Å². The second-order valence-electron chi connectivity index (χ2n) is 7.86. The summed E-state index contributed by atoms with van der Waals surface area (Å²) in [7, 11) is 0. The number of nitrogens with zero attached hydrogens (tertiary/aromatic N) is 2. The number of carbonyl (C=O) groups excluding carboxylic acids is 1. The fourth-order valence-corrected chi connectivity index (χ4v) is 4.18. The van der Waals surface area contributed by atoms with Crippen LogP contribution in [-0.4, -0.2) is 81.3 Å². The number of halogens is 2. The Morgan fingerprint density at radius 2 is 1.62 bits per heavy atom. The fraction of sp³-hybridized carbons (Fsp3) is 0.500. The van der Waals surface area contributed by atoms with Gasteiger partial charge < -0.3 is 25.1 Å². The van der Waals surface area contributed by atoms with Gasteiger partial charge in [-0.05, 0) is 56.5 Å². The number of aliphatic hydroxyl groups is 1. The van der Waals surface area contributed by atoms with Crippen molar-refractivity contribution in [1.29, 1.82) is 0 Å². The summed E-state index contributed by atoms with van der Waals surface area (Å²) in [6.45, 7) is 3.69. The number of rotatable bonds is 6. The number of hydrogen-bond acceptors (Lipinski definition) is 5. The Morgan fingerprint density at radius 1 is 1.00 bits per heavy atom. The van der Waals surface area contributed by atoms with Gasteiger partial charge in [0.2, 0.25) is 5.91 Å². The summed E-state index contributed by atoms with van der Waals surface area (Å²) < 4.78 is 0. The van der Waals surface area contributed by atoms with E-state index in [1.54, 1.807) is 12.1 Å². The lowest BCUT2D eigenvalue weighted by Crippen LogP contribution is -2.52. The Kier molecular flexibility index (Phi) is 10.4. The van der Waals surface area contributed by atoms with E-state index >= 15 is 0 Å². The quantitative estimate of drug-likeness (QED) is 0.528. The van der Waals surface area contributed by atoms with Crippen molar-refractivity contribution in [3.05, 3.63) is 46.0 Å². The lowest BCUT2D eigenvalue weighted by Gasteiger charge is -2.40.